The van der Waals surface area contributed by atoms with Gasteiger partial charge in [0, 0.05) is 12.8 Å². The van der Waals surface area contributed by atoms with Crippen molar-refractivity contribution in [2.75, 3.05) is 13.2 Å². The first-order valence-corrected chi connectivity index (χ1v) is 29.3. The van der Waals surface area contributed by atoms with Crippen LogP contribution in [0, 0.1) is 0 Å². The third-order valence-corrected chi connectivity index (χ3v) is 13.4. The third kappa shape index (κ3) is 51.5. The van der Waals surface area contributed by atoms with Crippen molar-refractivity contribution in [1.29, 1.82) is 0 Å². The summed E-state index contributed by atoms with van der Waals surface area (Å²) in [6.45, 7) is 4.87. The summed E-state index contributed by atoms with van der Waals surface area (Å²) in [5.74, 6) is -0.0884. The summed E-state index contributed by atoms with van der Waals surface area (Å²) in [5.41, 5.74) is 0. The summed E-state index contributed by atoms with van der Waals surface area (Å²) in [7, 11) is 0. The van der Waals surface area contributed by atoms with Gasteiger partial charge in [-0.1, -0.05) is 269 Å². The Labute approximate surface area is 411 Å². The highest BCUT2D eigenvalue weighted by Crippen LogP contribution is 2.17. The van der Waals surface area contributed by atoms with Crippen molar-refractivity contribution >= 4 is 11.9 Å². The van der Waals surface area contributed by atoms with Gasteiger partial charge in [-0.05, 0) is 64.2 Å². The minimum atomic E-state index is -0.851. The highest BCUT2D eigenvalue weighted by molar-refractivity contribution is 5.76. The number of rotatable bonds is 54. The molecule has 0 aromatic rings. The van der Waals surface area contributed by atoms with Gasteiger partial charge < -0.3 is 20.3 Å². The number of nitrogens with one attached hydrogen (secondary N) is 1. The van der Waals surface area contributed by atoms with E-state index in [0.717, 1.165) is 77.0 Å². The van der Waals surface area contributed by atoms with Gasteiger partial charge in [0.15, 0.2) is 0 Å². The predicted octanol–water partition coefficient (Wildman–Crippen LogP) is 18.0. The molecule has 6 heteroatoms. The van der Waals surface area contributed by atoms with E-state index in [-0.39, 0.29) is 18.5 Å². The topological polar surface area (TPSA) is 95.9 Å². The number of esters is 1. The molecule has 2 unspecified atom stereocenters. The van der Waals surface area contributed by atoms with Crippen molar-refractivity contribution < 1.29 is 24.5 Å². The maximum absolute atomic E-state index is 12.4. The van der Waals surface area contributed by atoms with Crippen LogP contribution in [0.5, 0.6) is 0 Å². The van der Waals surface area contributed by atoms with Gasteiger partial charge >= 0.3 is 5.97 Å². The molecule has 6 nitrogen and oxygen atoms in total. The molecule has 0 spiro atoms. The fraction of sp³-hybridized carbons (Fsp3) is 0.867. The van der Waals surface area contributed by atoms with Crippen LogP contribution in [-0.2, 0) is 14.3 Å². The lowest BCUT2D eigenvalue weighted by Crippen LogP contribution is -2.45. The highest BCUT2D eigenvalue weighted by Gasteiger charge is 2.18. The Morgan fingerprint density at radius 3 is 1.12 bits per heavy atom. The van der Waals surface area contributed by atoms with Crippen LogP contribution in [-0.4, -0.2) is 47.4 Å². The average molecular weight is 929 g/mol. The summed E-state index contributed by atoms with van der Waals surface area (Å²) >= 11 is 0. The second-order valence-corrected chi connectivity index (χ2v) is 20.0. The molecule has 388 valence electrons. The van der Waals surface area contributed by atoms with Crippen LogP contribution in [0.4, 0.5) is 0 Å². The number of unbranched alkanes of at least 4 members (excludes halogenated alkanes) is 40. The molecule has 0 radical (unpaired) electrons. The number of carbonyl (C=O) groups is 2. The molecular weight excluding hydrogens is 815 g/mol. The SMILES string of the molecule is CCCCCCCCCCCCCC/C=C/C(O)C(CO)NC(=O)CCCCCCCCCCCC/C=C\C=C/CCCCCOC(=O)CCCCCCCCCCCCCCCCCC. The average Bonchev–Trinajstić information content (AvgIpc) is 3.32. The van der Waals surface area contributed by atoms with Crippen molar-refractivity contribution in [3.05, 3.63) is 36.5 Å². The highest BCUT2D eigenvalue weighted by atomic mass is 16.5. The summed E-state index contributed by atoms with van der Waals surface area (Å²) in [6, 6.07) is -0.635. The fourth-order valence-corrected chi connectivity index (χ4v) is 8.92. The van der Waals surface area contributed by atoms with Gasteiger partial charge in [-0.2, -0.15) is 0 Å². The molecule has 0 saturated heterocycles. The third-order valence-electron chi connectivity index (χ3n) is 13.4. The molecule has 1 amide bonds. The van der Waals surface area contributed by atoms with Crippen LogP contribution in [0.25, 0.3) is 0 Å². The number of carbonyl (C=O) groups excluding carboxylic acids is 2. The first-order chi connectivity index (χ1) is 32.5. The number of ether oxygens (including phenoxy) is 1. The first kappa shape index (κ1) is 64.1. The van der Waals surface area contributed by atoms with E-state index in [2.05, 4.69) is 43.5 Å². The molecule has 0 heterocycles. The number of hydrogen-bond donors (Lipinski definition) is 3. The van der Waals surface area contributed by atoms with Crippen molar-refractivity contribution in [2.24, 2.45) is 0 Å². The zero-order chi connectivity index (χ0) is 47.9. The van der Waals surface area contributed by atoms with Crippen LogP contribution in [0.1, 0.15) is 309 Å². The number of aliphatic hydroxyl groups is 2. The molecule has 0 aliphatic carbocycles. The molecule has 2 atom stereocenters. The lowest BCUT2D eigenvalue weighted by atomic mass is 10.0. The van der Waals surface area contributed by atoms with Crippen molar-refractivity contribution in [2.45, 2.75) is 321 Å². The smallest absolute Gasteiger partial charge is 0.305 e. The van der Waals surface area contributed by atoms with E-state index in [1.807, 2.05) is 6.08 Å². The molecule has 0 aromatic heterocycles. The Balaban J connectivity index is 3.49. The van der Waals surface area contributed by atoms with Gasteiger partial charge in [0.05, 0.1) is 25.4 Å². The van der Waals surface area contributed by atoms with Crippen LogP contribution in [0.2, 0.25) is 0 Å². The molecule has 0 saturated carbocycles. The van der Waals surface area contributed by atoms with E-state index in [4.69, 9.17) is 4.74 Å². The minimum absolute atomic E-state index is 0.0108. The lowest BCUT2D eigenvalue weighted by Gasteiger charge is -2.20. The van der Waals surface area contributed by atoms with Crippen molar-refractivity contribution in [3.63, 3.8) is 0 Å². The Bertz CT molecular complexity index is 1070. The molecule has 3 N–H and O–H groups in total. The summed E-state index contributed by atoms with van der Waals surface area (Å²) in [5, 5.41) is 23.1. The lowest BCUT2D eigenvalue weighted by molar-refractivity contribution is -0.143. The fourth-order valence-electron chi connectivity index (χ4n) is 8.92. The zero-order valence-corrected chi connectivity index (χ0v) is 44.2. The van der Waals surface area contributed by atoms with Gasteiger partial charge in [0.25, 0.3) is 0 Å². The van der Waals surface area contributed by atoms with Gasteiger partial charge in [-0.15, -0.1) is 0 Å². The zero-order valence-electron chi connectivity index (χ0n) is 44.2. The predicted molar refractivity (Wildman–Crippen MR) is 287 cm³/mol. The van der Waals surface area contributed by atoms with Crippen LogP contribution < -0.4 is 5.32 Å². The van der Waals surface area contributed by atoms with Gasteiger partial charge in [-0.3, -0.25) is 9.59 Å². The largest absolute Gasteiger partial charge is 0.466 e. The van der Waals surface area contributed by atoms with E-state index < -0.39 is 12.1 Å². The van der Waals surface area contributed by atoms with E-state index in [0.29, 0.717) is 19.4 Å². The standard InChI is InChI=1S/C60H113NO5/c1-3-5-7-9-11-13-15-17-19-26-30-34-38-42-46-50-54-60(65)66-55-51-47-43-39-35-31-27-24-22-20-21-23-25-29-33-37-41-45-49-53-59(64)61-57(56-62)58(63)52-48-44-40-36-32-28-18-16-14-12-10-8-6-4-2/h24,27,31,35,48,52,57-58,62-63H,3-23,25-26,28-30,32-34,36-47,49-51,53-56H2,1-2H3,(H,61,64)/b27-24-,35-31-,52-48+. The maximum atomic E-state index is 12.4. The molecule has 0 bridgehead atoms. The molecule has 0 aromatic carbocycles. The Kier molecular flexibility index (Phi) is 54.1. The normalized spacial score (nSPS) is 12.8. The summed E-state index contributed by atoms with van der Waals surface area (Å²) in [4.78, 5) is 24.5. The van der Waals surface area contributed by atoms with E-state index in [1.54, 1.807) is 6.08 Å². The number of allylic oxidation sites excluding steroid dienone is 5. The van der Waals surface area contributed by atoms with Crippen molar-refractivity contribution in [1.82, 2.24) is 5.32 Å². The van der Waals surface area contributed by atoms with Crippen LogP contribution >= 0.6 is 0 Å². The first-order valence-electron chi connectivity index (χ1n) is 29.3. The number of aliphatic hydroxyl groups excluding tert-OH is 2. The Morgan fingerprint density at radius 2 is 0.742 bits per heavy atom. The molecular formula is C60H113NO5. The van der Waals surface area contributed by atoms with Gasteiger partial charge in [-0.25, -0.2) is 0 Å². The van der Waals surface area contributed by atoms with E-state index in [9.17, 15) is 19.8 Å². The van der Waals surface area contributed by atoms with E-state index >= 15 is 0 Å². The molecule has 0 aliphatic rings. The molecule has 66 heavy (non-hydrogen) atoms. The summed E-state index contributed by atoms with van der Waals surface area (Å²) in [6.07, 6.45) is 68.8. The number of hydrogen-bond acceptors (Lipinski definition) is 5. The Hall–Kier alpha value is -1.92. The van der Waals surface area contributed by atoms with Crippen molar-refractivity contribution in [3.8, 4) is 0 Å². The molecule has 0 rings (SSSR count). The molecule has 0 aliphatic heterocycles. The number of amides is 1. The van der Waals surface area contributed by atoms with Gasteiger partial charge in [0.2, 0.25) is 5.91 Å². The second-order valence-electron chi connectivity index (χ2n) is 20.0. The summed E-state index contributed by atoms with van der Waals surface area (Å²) < 4.78 is 5.46. The second kappa shape index (κ2) is 55.7. The monoisotopic (exact) mass is 928 g/mol. The van der Waals surface area contributed by atoms with Crippen LogP contribution in [0.3, 0.4) is 0 Å². The Morgan fingerprint density at radius 1 is 0.424 bits per heavy atom. The molecule has 0 fully saturated rings. The van der Waals surface area contributed by atoms with Gasteiger partial charge in [0.1, 0.15) is 0 Å². The maximum Gasteiger partial charge on any atom is 0.305 e. The minimum Gasteiger partial charge on any atom is -0.466 e. The van der Waals surface area contributed by atoms with E-state index in [1.165, 1.54) is 205 Å². The quantitative estimate of drug-likeness (QED) is 0.0244. The van der Waals surface area contributed by atoms with Crippen LogP contribution in [0.15, 0.2) is 36.5 Å².